The van der Waals surface area contributed by atoms with Crippen molar-refractivity contribution in [1.29, 1.82) is 0 Å². The SMILES string of the molecule is Cc1ccc(-c2ccccc2)cc1.Cc1ccc(-c2ccccc2-c2ccccc2)cc1.Cc1cccc(-c2ccc(-c3ccccc3)cc2)c1.Cc1cccc(-c2cccc(-c3ccccc3)c2)c1.Cc1cccc(-c2ccccc2)c1.Cc1cccc(-c2ccccc2-c2ccccc2)c1.Cc1ccccc1.Cc1ccccc1-c1ccccc1.Cc1ccccc1-c1ccccc1-c1ccccc1. The summed E-state index contributed by atoms with van der Waals surface area (Å²) in [7, 11) is 0. The molecule has 141 heavy (non-hydrogen) atoms. The second-order valence-electron chi connectivity index (χ2n) is 35.2. The van der Waals surface area contributed by atoms with Crippen molar-refractivity contribution in [3.05, 3.63) is 639 Å². The van der Waals surface area contributed by atoms with Crippen molar-refractivity contribution in [2.45, 2.75) is 62.3 Å². The summed E-state index contributed by atoms with van der Waals surface area (Å²) < 4.78 is 0. The molecule has 0 atom stereocenters. The molecule has 0 heteroatoms. The minimum Gasteiger partial charge on any atom is -0.0622 e. The first-order valence-corrected chi connectivity index (χ1v) is 48.7. The summed E-state index contributed by atoms with van der Waals surface area (Å²) in [5.41, 5.74) is 45.0. The molecule has 0 aliphatic heterocycles. The van der Waals surface area contributed by atoms with Crippen molar-refractivity contribution >= 4 is 0 Å². The van der Waals surface area contributed by atoms with Gasteiger partial charge in [-0.3, -0.25) is 0 Å². The zero-order chi connectivity index (χ0) is 97.8. The summed E-state index contributed by atoms with van der Waals surface area (Å²) in [6.45, 7) is 19.1. The molecule has 0 saturated carbocycles. The molecule has 0 radical (unpaired) electrons. The van der Waals surface area contributed by atoms with E-state index in [-0.39, 0.29) is 0 Å². The molecule has 0 aliphatic carbocycles. The molecule has 0 saturated heterocycles. The van der Waals surface area contributed by atoms with Gasteiger partial charge in [0.2, 0.25) is 0 Å². The van der Waals surface area contributed by atoms with Crippen molar-refractivity contribution in [1.82, 2.24) is 0 Å². The van der Waals surface area contributed by atoms with E-state index in [0.717, 1.165) is 0 Å². The zero-order valence-corrected chi connectivity index (χ0v) is 82.5. The topological polar surface area (TPSA) is 0 Å². The van der Waals surface area contributed by atoms with Gasteiger partial charge >= 0.3 is 0 Å². The summed E-state index contributed by atoms with van der Waals surface area (Å²) in [4.78, 5) is 0. The number of hydrogen-bond acceptors (Lipinski definition) is 0. The molecule has 0 unspecified atom stereocenters. The highest BCUT2D eigenvalue weighted by Crippen LogP contribution is 2.38. The van der Waals surface area contributed by atoms with Crippen LogP contribution in [0.15, 0.2) is 588 Å². The van der Waals surface area contributed by atoms with Gasteiger partial charge in [0.25, 0.3) is 0 Å². The van der Waals surface area contributed by atoms with Gasteiger partial charge in [0.05, 0.1) is 0 Å². The second kappa shape index (κ2) is 53.4. The molecule has 22 aromatic carbocycles. The first-order valence-electron chi connectivity index (χ1n) is 48.7. The second-order valence-corrected chi connectivity index (χ2v) is 35.2. The van der Waals surface area contributed by atoms with Gasteiger partial charge in [-0.25, -0.2) is 0 Å². The molecule has 0 bridgehead atoms. The zero-order valence-electron chi connectivity index (χ0n) is 82.5. The molecular weight excluding hydrogens is 1690 g/mol. The van der Waals surface area contributed by atoms with E-state index in [1.54, 1.807) is 0 Å². The summed E-state index contributed by atoms with van der Waals surface area (Å²) in [6.07, 6.45) is 0. The van der Waals surface area contributed by atoms with Crippen molar-refractivity contribution in [2.24, 2.45) is 0 Å². The third kappa shape index (κ3) is 30.7. The van der Waals surface area contributed by atoms with Crippen LogP contribution in [0, 0.1) is 62.3 Å². The van der Waals surface area contributed by atoms with Gasteiger partial charge in [-0.2, -0.15) is 0 Å². The van der Waals surface area contributed by atoms with E-state index in [2.05, 4.69) is 602 Å². The van der Waals surface area contributed by atoms with Gasteiger partial charge in [0, 0.05) is 0 Å². The number of hydrogen-bond donors (Lipinski definition) is 0. The molecule has 0 amide bonds. The highest BCUT2D eigenvalue weighted by atomic mass is 14.2. The van der Waals surface area contributed by atoms with E-state index in [1.165, 1.54) is 195 Å². The molecule has 0 spiro atoms. The molecule has 688 valence electrons. The average Bonchev–Trinajstić information content (AvgIpc) is 0.814. The van der Waals surface area contributed by atoms with Gasteiger partial charge in [-0.15, -0.1) is 0 Å². The largest absolute Gasteiger partial charge is 0.0622 e. The lowest BCUT2D eigenvalue weighted by atomic mass is 9.92. The Balaban J connectivity index is 0.000000127. The fourth-order valence-corrected chi connectivity index (χ4v) is 16.7. The van der Waals surface area contributed by atoms with Gasteiger partial charge in [-0.05, 0) is 224 Å². The molecule has 0 fully saturated rings. The number of rotatable bonds is 13. The predicted molar refractivity (Wildman–Crippen MR) is 611 cm³/mol. The van der Waals surface area contributed by atoms with E-state index < -0.39 is 0 Å². The van der Waals surface area contributed by atoms with E-state index in [4.69, 9.17) is 0 Å². The normalized spacial score (nSPS) is 10.2. The Labute approximate surface area is 839 Å². The molecule has 0 heterocycles. The van der Waals surface area contributed by atoms with Gasteiger partial charge in [0.15, 0.2) is 0 Å². The van der Waals surface area contributed by atoms with Crippen LogP contribution in [0.2, 0.25) is 0 Å². The monoisotopic (exact) mass is 1820 g/mol. The van der Waals surface area contributed by atoms with Crippen molar-refractivity contribution in [3.8, 4) is 145 Å². The first-order chi connectivity index (χ1) is 69.2. The van der Waals surface area contributed by atoms with E-state index in [0.29, 0.717) is 0 Å². The Kier molecular flexibility index (Phi) is 37.8. The maximum Gasteiger partial charge on any atom is -0.0103 e. The molecule has 0 aromatic heterocycles. The summed E-state index contributed by atoms with van der Waals surface area (Å²) in [5.74, 6) is 0. The molecule has 22 aromatic rings. The Hall–Kier alpha value is -17.2. The maximum atomic E-state index is 2.25. The van der Waals surface area contributed by atoms with E-state index in [1.807, 2.05) is 48.5 Å². The van der Waals surface area contributed by atoms with E-state index in [9.17, 15) is 0 Å². The van der Waals surface area contributed by atoms with Gasteiger partial charge in [-0.1, -0.05) is 621 Å². The fourth-order valence-electron chi connectivity index (χ4n) is 16.7. The standard InChI is InChI=1S/5C19H16.3C13H12.C7H8/c1-15-7-5-10-17(13-15)19-12-6-11-18(14-19)16-8-3-2-4-9-16;1-15-9-5-6-12-17(15)19-14-8-7-13-18(19)16-10-3-2-4-11-16;1-15-8-7-11-17(14-15)19-13-6-5-12-18(19)16-9-3-2-4-10-16;1-15-6-5-9-19(14-15)18-12-10-17(11-13-18)16-7-3-2-4-8-16;1-15-11-13-17(14-12-15)19-10-6-5-9-18(19)16-7-3-2-4-8-16;1-11-7-5-6-10-13(11)12-8-3-2-4-9-12;1-11-6-5-9-13(10-11)12-7-3-2-4-8-12;1-11-7-9-13(10-8-11)12-5-3-2-4-6-12;1-7-5-3-2-4-6-7/h5*2-14H,1H3;3*2-10H,1H3;2-6H,1H3. The van der Waals surface area contributed by atoms with Crippen LogP contribution in [0.5, 0.6) is 0 Å². The average molecular weight is 1820 g/mol. The first kappa shape index (κ1) is 99.8. The third-order valence-electron chi connectivity index (χ3n) is 24.3. The Bertz CT molecular complexity index is 7430. The predicted octanol–water partition coefficient (Wildman–Crippen LogP) is 39.6. The summed E-state index contributed by atoms with van der Waals surface area (Å²) >= 11 is 0. The maximum absolute atomic E-state index is 2.25. The number of aryl methyl sites for hydroxylation is 9. The lowest BCUT2D eigenvalue weighted by Gasteiger charge is -2.12. The highest BCUT2D eigenvalue weighted by Gasteiger charge is 2.12. The van der Waals surface area contributed by atoms with Crippen LogP contribution in [0.1, 0.15) is 50.1 Å². The lowest BCUT2D eigenvalue weighted by molar-refractivity contribution is 1.46. The molecule has 0 aliphatic rings. The van der Waals surface area contributed by atoms with Gasteiger partial charge in [0.1, 0.15) is 0 Å². The number of benzene rings is 22. The van der Waals surface area contributed by atoms with Crippen LogP contribution in [0.25, 0.3) is 145 Å². The highest BCUT2D eigenvalue weighted by molar-refractivity contribution is 5.87. The van der Waals surface area contributed by atoms with Crippen molar-refractivity contribution < 1.29 is 0 Å². The lowest BCUT2D eigenvalue weighted by Crippen LogP contribution is -1.87. The fraction of sp³-hybridized carbons (Fsp3) is 0.0638. The van der Waals surface area contributed by atoms with Crippen LogP contribution in [-0.2, 0) is 0 Å². The Morgan fingerprint density at radius 3 is 0.539 bits per heavy atom. The van der Waals surface area contributed by atoms with E-state index >= 15 is 0 Å². The van der Waals surface area contributed by atoms with Gasteiger partial charge < -0.3 is 0 Å². The Morgan fingerprint density at radius 1 is 0.0780 bits per heavy atom. The quantitative estimate of drug-likeness (QED) is 0.108. The Morgan fingerprint density at radius 2 is 0.234 bits per heavy atom. The smallest absolute Gasteiger partial charge is 0.0103 e. The van der Waals surface area contributed by atoms with Crippen molar-refractivity contribution in [2.75, 3.05) is 0 Å². The summed E-state index contributed by atoms with van der Waals surface area (Å²) in [6, 6.07) is 206. The van der Waals surface area contributed by atoms with Crippen LogP contribution < -0.4 is 0 Å². The molecular formula is C141H124. The minimum atomic E-state index is 1.26. The van der Waals surface area contributed by atoms with Crippen LogP contribution in [0.3, 0.4) is 0 Å². The third-order valence-corrected chi connectivity index (χ3v) is 24.3. The van der Waals surface area contributed by atoms with Crippen molar-refractivity contribution in [3.63, 3.8) is 0 Å². The van der Waals surface area contributed by atoms with Crippen LogP contribution >= 0.6 is 0 Å². The van der Waals surface area contributed by atoms with Crippen LogP contribution in [-0.4, -0.2) is 0 Å². The van der Waals surface area contributed by atoms with Crippen LogP contribution in [0.4, 0.5) is 0 Å². The molecule has 22 rings (SSSR count). The molecule has 0 N–H and O–H groups in total. The minimum absolute atomic E-state index is 1.26. The summed E-state index contributed by atoms with van der Waals surface area (Å²) in [5, 5.41) is 0. The molecule has 0 nitrogen and oxygen atoms in total.